The molecule has 0 atom stereocenters. The SMILES string of the molecule is c1cnn(-c2cncc(N3CCN(c4nccs4)CC3)n2)c1. The molecule has 0 spiro atoms. The van der Waals surface area contributed by atoms with Gasteiger partial charge in [-0.3, -0.25) is 4.98 Å². The number of piperazine rings is 1. The van der Waals surface area contributed by atoms with Crippen molar-refractivity contribution in [3.05, 3.63) is 42.4 Å². The molecule has 0 radical (unpaired) electrons. The average molecular weight is 313 g/mol. The first-order valence-electron chi connectivity index (χ1n) is 7.11. The molecule has 3 aromatic rings. The largest absolute Gasteiger partial charge is 0.352 e. The van der Waals surface area contributed by atoms with Crippen LogP contribution in [0.5, 0.6) is 0 Å². The molecule has 0 saturated carbocycles. The van der Waals surface area contributed by atoms with Crippen LogP contribution in [0.25, 0.3) is 5.82 Å². The Bertz CT molecular complexity index is 718. The molecule has 4 rings (SSSR count). The molecule has 7 nitrogen and oxygen atoms in total. The molecular formula is C14H15N7S. The number of hydrogen-bond acceptors (Lipinski definition) is 7. The van der Waals surface area contributed by atoms with E-state index in [9.17, 15) is 0 Å². The van der Waals surface area contributed by atoms with Crippen LogP contribution in [0.2, 0.25) is 0 Å². The fourth-order valence-corrected chi connectivity index (χ4v) is 3.21. The van der Waals surface area contributed by atoms with Crippen molar-refractivity contribution in [2.75, 3.05) is 36.0 Å². The Morgan fingerprint density at radius 1 is 0.955 bits per heavy atom. The van der Waals surface area contributed by atoms with Gasteiger partial charge >= 0.3 is 0 Å². The molecule has 112 valence electrons. The van der Waals surface area contributed by atoms with E-state index >= 15 is 0 Å². The topological polar surface area (TPSA) is 63.0 Å². The second-order valence-electron chi connectivity index (χ2n) is 4.97. The molecule has 1 saturated heterocycles. The van der Waals surface area contributed by atoms with Crippen LogP contribution in [0, 0.1) is 0 Å². The summed E-state index contributed by atoms with van der Waals surface area (Å²) in [5, 5.41) is 7.31. The zero-order valence-corrected chi connectivity index (χ0v) is 12.7. The van der Waals surface area contributed by atoms with E-state index in [1.54, 1.807) is 28.4 Å². The molecule has 4 heterocycles. The highest BCUT2D eigenvalue weighted by molar-refractivity contribution is 7.13. The molecular weight excluding hydrogens is 298 g/mol. The van der Waals surface area contributed by atoms with Gasteiger partial charge in [0.15, 0.2) is 10.9 Å². The van der Waals surface area contributed by atoms with Crippen molar-refractivity contribution in [2.45, 2.75) is 0 Å². The van der Waals surface area contributed by atoms with Gasteiger partial charge in [-0.2, -0.15) is 5.10 Å². The summed E-state index contributed by atoms with van der Waals surface area (Å²) in [6.45, 7) is 3.72. The highest BCUT2D eigenvalue weighted by Gasteiger charge is 2.20. The Morgan fingerprint density at radius 3 is 2.50 bits per heavy atom. The van der Waals surface area contributed by atoms with Crippen LogP contribution in [-0.2, 0) is 0 Å². The van der Waals surface area contributed by atoms with E-state index < -0.39 is 0 Å². The van der Waals surface area contributed by atoms with Crippen molar-refractivity contribution in [3.8, 4) is 5.82 Å². The van der Waals surface area contributed by atoms with Gasteiger partial charge in [0.05, 0.1) is 12.4 Å². The van der Waals surface area contributed by atoms with Gasteiger partial charge in [-0.1, -0.05) is 0 Å². The summed E-state index contributed by atoms with van der Waals surface area (Å²) < 4.78 is 1.72. The summed E-state index contributed by atoms with van der Waals surface area (Å²) in [4.78, 5) is 17.9. The van der Waals surface area contributed by atoms with Crippen LogP contribution in [0.15, 0.2) is 42.4 Å². The number of rotatable bonds is 3. The lowest BCUT2D eigenvalue weighted by atomic mass is 10.3. The second-order valence-corrected chi connectivity index (χ2v) is 5.85. The Kier molecular flexibility index (Phi) is 3.43. The van der Waals surface area contributed by atoms with Crippen LogP contribution >= 0.6 is 11.3 Å². The van der Waals surface area contributed by atoms with Crippen LogP contribution < -0.4 is 9.80 Å². The quantitative estimate of drug-likeness (QED) is 0.729. The highest BCUT2D eigenvalue weighted by Crippen LogP contribution is 2.21. The Morgan fingerprint density at radius 2 is 1.77 bits per heavy atom. The third-order valence-electron chi connectivity index (χ3n) is 3.64. The molecule has 0 aliphatic carbocycles. The third-order valence-corrected chi connectivity index (χ3v) is 4.47. The van der Waals surface area contributed by atoms with Gasteiger partial charge in [0.2, 0.25) is 0 Å². The summed E-state index contributed by atoms with van der Waals surface area (Å²) in [6.07, 6.45) is 9.00. The van der Waals surface area contributed by atoms with Gasteiger partial charge in [-0.15, -0.1) is 11.3 Å². The molecule has 0 amide bonds. The molecule has 0 N–H and O–H groups in total. The van der Waals surface area contributed by atoms with Crippen molar-refractivity contribution in [3.63, 3.8) is 0 Å². The first-order chi connectivity index (χ1) is 10.9. The van der Waals surface area contributed by atoms with Crippen molar-refractivity contribution < 1.29 is 0 Å². The maximum atomic E-state index is 4.66. The molecule has 0 unspecified atom stereocenters. The van der Waals surface area contributed by atoms with Gasteiger partial charge in [0, 0.05) is 50.1 Å². The molecule has 1 aliphatic heterocycles. The van der Waals surface area contributed by atoms with Crippen molar-refractivity contribution in [1.82, 2.24) is 24.7 Å². The van der Waals surface area contributed by atoms with Gasteiger partial charge in [-0.05, 0) is 6.07 Å². The van der Waals surface area contributed by atoms with Gasteiger partial charge in [-0.25, -0.2) is 14.6 Å². The molecule has 0 aromatic carbocycles. The van der Waals surface area contributed by atoms with E-state index in [0.717, 1.165) is 42.9 Å². The summed E-state index contributed by atoms with van der Waals surface area (Å²) >= 11 is 1.68. The van der Waals surface area contributed by atoms with Gasteiger partial charge in [0.25, 0.3) is 0 Å². The lowest BCUT2D eigenvalue weighted by Gasteiger charge is -2.35. The van der Waals surface area contributed by atoms with E-state index in [0.29, 0.717) is 0 Å². The van der Waals surface area contributed by atoms with Gasteiger partial charge in [0.1, 0.15) is 5.82 Å². The Balaban J connectivity index is 1.48. The lowest BCUT2D eigenvalue weighted by molar-refractivity contribution is 0.643. The summed E-state index contributed by atoms with van der Waals surface area (Å²) in [5.74, 6) is 1.64. The molecule has 8 heteroatoms. The number of nitrogens with zero attached hydrogens (tertiary/aromatic N) is 7. The molecule has 3 aromatic heterocycles. The van der Waals surface area contributed by atoms with Crippen LogP contribution in [0.1, 0.15) is 0 Å². The fourth-order valence-electron chi connectivity index (χ4n) is 2.51. The molecule has 1 fully saturated rings. The minimum atomic E-state index is 0.741. The Labute approximate surface area is 131 Å². The molecule has 22 heavy (non-hydrogen) atoms. The monoisotopic (exact) mass is 313 g/mol. The second kappa shape index (κ2) is 5.72. The first-order valence-corrected chi connectivity index (χ1v) is 7.99. The Hall–Kier alpha value is -2.48. The third kappa shape index (κ3) is 2.52. The zero-order valence-electron chi connectivity index (χ0n) is 11.9. The maximum Gasteiger partial charge on any atom is 0.185 e. The fraction of sp³-hybridized carbons (Fsp3) is 0.286. The van der Waals surface area contributed by atoms with E-state index in [2.05, 4.69) is 29.9 Å². The van der Waals surface area contributed by atoms with Crippen molar-refractivity contribution in [1.29, 1.82) is 0 Å². The van der Waals surface area contributed by atoms with E-state index in [4.69, 9.17) is 0 Å². The predicted octanol–water partition coefficient (Wildman–Crippen LogP) is 1.45. The van der Waals surface area contributed by atoms with Crippen molar-refractivity contribution >= 4 is 22.3 Å². The molecule has 1 aliphatic rings. The van der Waals surface area contributed by atoms with Crippen LogP contribution in [0.4, 0.5) is 10.9 Å². The summed E-state index contributed by atoms with van der Waals surface area (Å²) in [5.41, 5.74) is 0. The van der Waals surface area contributed by atoms with Crippen LogP contribution in [-0.4, -0.2) is 50.9 Å². The highest BCUT2D eigenvalue weighted by atomic mass is 32.1. The minimum Gasteiger partial charge on any atom is -0.352 e. The zero-order chi connectivity index (χ0) is 14.8. The normalized spacial score (nSPS) is 15.3. The number of aromatic nitrogens is 5. The average Bonchev–Trinajstić information content (AvgIpc) is 3.29. The first kappa shape index (κ1) is 13.2. The van der Waals surface area contributed by atoms with E-state index in [1.165, 1.54) is 0 Å². The summed E-state index contributed by atoms with van der Waals surface area (Å²) in [7, 11) is 0. The summed E-state index contributed by atoms with van der Waals surface area (Å²) in [6, 6.07) is 1.88. The van der Waals surface area contributed by atoms with E-state index in [1.807, 2.05) is 30.0 Å². The molecule has 0 bridgehead atoms. The predicted molar refractivity (Wildman–Crippen MR) is 85.7 cm³/mol. The minimum absolute atomic E-state index is 0.741. The smallest absolute Gasteiger partial charge is 0.185 e. The maximum absolute atomic E-state index is 4.66. The number of hydrogen-bond donors (Lipinski definition) is 0. The number of thiazole rings is 1. The van der Waals surface area contributed by atoms with Gasteiger partial charge < -0.3 is 9.80 Å². The van der Waals surface area contributed by atoms with Crippen LogP contribution in [0.3, 0.4) is 0 Å². The van der Waals surface area contributed by atoms with Crippen molar-refractivity contribution in [2.24, 2.45) is 0 Å². The standard InChI is InChI=1S/C14H15N7S/c1-2-17-21(4-1)13-11-15-10-12(18-13)19-5-7-20(8-6-19)14-16-3-9-22-14/h1-4,9-11H,5-8H2. The van der Waals surface area contributed by atoms with E-state index in [-0.39, 0.29) is 0 Å². The lowest BCUT2D eigenvalue weighted by Crippen LogP contribution is -2.46. The number of anilines is 2.